The Morgan fingerprint density at radius 3 is 2.73 bits per heavy atom. The van der Waals surface area contributed by atoms with Gasteiger partial charge in [0.05, 0.1) is 5.60 Å². The number of methoxy groups -OCH3 is 1. The third kappa shape index (κ3) is 2.87. The number of hydrogen-bond acceptors (Lipinski definition) is 6. The molecule has 0 saturated carbocycles. The van der Waals surface area contributed by atoms with Gasteiger partial charge in [0, 0.05) is 25.8 Å². The molecule has 0 amide bonds. The van der Waals surface area contributed by atoms with Crippen LogP contribution in [0.1, 0.15) is 19.8 Å². The highest BCUT2D eigenvalue weighted by Gasteiger charge is 2.33. The van der Waals surface area contributed by atoms with Crippen LogP contribution in [0, 0.1) is 0 Å². The first-order valence-electron chi connectivity index (χ1n) is 7.47. The van der Waals surface area contributed by atoms with Crippen molar-refractivity contribution in [1.29, 1.82) is 0 Å². The second-order valence-electron chi connectivity index (χ2n) is 5.89. The Morgan fingerprint density at radius 2 is 2.00 bits per heavy atom. The molecule has 1 aliphatic heterocycles. The van der Waals surface area contributed by atoms with Gasteiger partial charge in [0.15, 0.2) is 5.82 Å². The minimum Gasteiger partial charge on any atom is -0.377 e. The molecule has 116 valence electrons. The van der Waals surface area contributed by atoms with Gasteiger partial charge in [-0.15, -0.1) is 10.2 Å². The van der Waals surface area contributed by atoms with E-state index in [1.54, 1.807) is 7.11 Å². The lowest BCUT2D eigenvalue weighted by Gasteiger charge is -2.40. The normalized spacial score (nSPS) is 21.8. The number of anilines is 2. The Morgan fingerprint density at radius 1 is 1.23 bits per heavy atom. The number of benzene rings is 1. The first kappa shape index (κ1) is 14.7. The lowest BCUT2D eigenvalue weighted by atomic mass is 9.94. The molecular formula is C16H21N5O. The molecule has 1 atom stereocenters. The van der Waals surface area contributed by atoms with Crippen LogP contribution in [0.15, 0.2) is 30.3 Å². The van der Waals surface area contributed by atoms with Gasteiger partial charge in [0.25, 0.3) is 0 Å². The molecule has 2 heterocycles. The summed E-state index contributed by atoms with van der Waals surface area (Å²) in [5.41, 5.74) is 7.34. The summed E-state index contributed by atoms with van der Waals surface area (Å²) in [5, 5.41) is 8.26. The molecule has 1 aromatic heterocycles. The molecule has 1 saturated heterocycles. The van der Waals surface area contributed by atoms with Crippen molar-refractivity contribution in [2.45, 2.75) is 25.4 Å². The quantitative estimate of drug-likeness (QED) is 0.935. The van der Waals surface area contributed by atoms with E-state index in [1.807, 2.05) is 30.3 Å². The number of piperidine rings is 1. The zero-order valence-electron chi connectivity index (χ0n) is 13.0. The van der Waals surface area contributed by atoms with Crippen molar-refractivity contribution in [3.63, 3.8) is 0 Å². The minimum atomic E-state index is -0.171. The van der Waals surface area contributed by atoms with Crippen molar-refractivity contribution in [2.24, 2.45) is 0 Å². The molecule has 0 spiro atoms. The first-order chi connectivity index (χ1) is 10.6. The van der Waals surface area contributed by atoms with Crippen LogP contribution in [-0.4, -0.2) is 41.0 Å². The SMILES string of the molecule is COC1(C)CCCN(c2nnc(N)nc2-c2ccccc2)C1. The summed E-state index contributed by atoms with van der Waals surface area (Å²) >= 11 is 0. The monoisotopic (exact) mass is 299 g/mol. The average Bonchev–Trinajstić information content (AvgIpc) is 2.55. The van der Waals surface area contributed by atoms with Gasteiger partial charge in [-0.25, -0.2) is 4.98 Å². The lowest BCUT2D eigenvalue weighted by molar-refractivity contribution is -0.00482. The molecule has 6 nitrogen and oxygen atoms in total. The number of hydrogen-bond donors (Lipinski definition) is 1. The molecule has 0 aliphatic carbocycles. The second-order valence-corrected chi connectivity index (χ2v) is 5.89. The maximum absolute atomic E-state index is 5.75. The van der Waals surface area contributed by atoms with Crippen LogP contribution < -0.4 is 10.6 Å². The maximum atomic E-state index is 5.75. The second kappa shape index (κ2) is 5.88. The molecule has 1 aromatic carbocycles. The van der Waals surface area contributed by atoms with Gasteiger partial charge in [0.1, 0.15) is 5.69 Å². The van der Waals surface area contributed by atoms with Crippen LogP contribution >= 0.6 is 0 Å². The molecule has 22 heavy (non-hydrogen) atoms. The summed E-state index contributed by atoms with van der Waals surface area (Å²) in [5.74, 6) is 0.956. The van der Waals surface area contributed by atoms with E-state index in [-0.39, 0.29) is 11.5 Å². The number of nitrogen functional groups attached to an aromatic ring is 1. The molecular weight excluding hydrogens is 278 g/mol. The Labute approximate surface area is 130 Å². The largest absolute Gasteiger partial charge is 0.377 e. The number of rotatable bonds is 3. The number of nitrogens with two attached hydrogens (primary N) is 1. The van der Waals surface area contributed by atoms with Crippen LogP contribution in [0.4, 0.5) is 11.8 Å². The van der Waals surface area contributed by atoms with Crippen LogP contribution in [0.25, 0.3) is 11.3 Å². The van der Waals surface area contributed by atoms with Gasteiger partial charge < -0.3 is 15.4 Å². The summed E-state index contributed by atoms with van der Waals surface area (Å²) < 4.78 is 5.66. The highest BCUT2D eigenvalue weighted by Crippen LogP contribution is 2.32. The predicted octanol–water partition coefficient (Wildman–Crippen LogP) is 2.13. The van der Waals surface area contributed by atoms with Gasteiger partial charge in [0.2, 0.25) is 5.95 Å². The number of nitrogens with zero attached hydrogens (tertiary/aromatic N) is 4. The first-order valence-corrected chi connectivity index (χ1v) is 7.47. The fourth-order valence-corrected chi connectivity index (χ4v) is 2.89. The summed E-state index contributed by atoms with van der Waals surface area (Å²) in [7, 11) is 1.76. The maximum Gasteiger partial charge on any atom is 0.240 e. The molecule has 2 N–H and O–H groups in total. The van der Waals surface area contributed by atoms with Crippen LogP contribution in [0.2, 0.25) is 0 Å². The molecule has 3 rings (SSSR count). The fraction of sp³-hybridized carbons (Fsp3) is 0.438. The van der Waals surface area contributed by atoms with E-state index < -0.39 is 0 Å². The number of aromatic nitrogens is 3. The number of ether oxygens (including phenoxy) is 1. The molecule has 1 fully saturated rings. The van der Waals surface area contributed by atoms with Gasteiger partial charge in [-0.05, 0) is 19.8 Å². The van der Waals surface area contributed by atoms with E-state index in [2.05, 4.69) is 27.0 Å². The standard InChI is InChI=1S/C16H21N5O/c1-16(22-2)9-6-10-21(11-16)14-13(18-15(17)20-19-14)12-7-4-3-5-8-12/h3-5,7-8H,6,9-11H2,1-2H3,(H2,17,18,20). The van der Waals surface area contributed by atoms with Gasteiger partial charge >= 0.3 is 0 Å². The molecule has 2 aromatic rings. The Hall–Kier alpha value is -2.21. The lowest BCUT2D eigenvalue weighted by Crippen LogP contribution is -2.48. The highest BCUT2D eigenvalue weighted by molar-refractivity contribution is 5.72. The minimum absolute atomic E-state index is 0.171. The van der Waals surface area contributed by atoms with Crippen molar-refractivity contribution in [1.82, 2.24) is 15.2 Å². The molecule has 0 radical (unpaired) electrons. The third-order valence-electron chi connectivity index (χ3n) is 4.18. The Kier molecular flexibility index (Phi) is 3.94. The zero-order valence-corrected chi connectivity index (χ0v) is 13.0. The summed E-state index contributed by atoms with van der Waals surface area (Å²) in [6.45, 7) is 3.81. The summed E-state index contributed by atoms with van der Waals surface area (Å²) in [6, 6.07) is 9.95. The summed E-state index contributed by atoms with van der Waals surface area (Å²) in [4.78, 5) is 6.60. The molecule has 6 heteroatoms. The van der Waals surface area contributed by atoms with Gasteiger partial charge in [-0.3, -0.25) is 0 Å². The van der Waals surface area contributed by atoms with Crippen molar-refractivity contribution < 1.29 is 4.74 Å². The van der Waals surface area contributed by atoms with Crippen molar-refractivity contribution >= 4 is 11.8 Å². The van der Waals surface area contributed by atoms with Crippen molar-refractivity contribution in [3.8, 4) is 11.3 Å². The summed E-state index contributed by atoms with van der Waals surface area (Å²) in [6.07, 6.45) is 2.08. The van der Waals surface area contributed by atoms with E-state index in [1.165, 1.54) is 0 Å². The average molecular weight is 299 g/mol. The Balaban J connectivity index is 2.00. The van der Waals surface area contributed by atoms with Crippen LogP contribution in [-0.2, 0) is 4.74 Å². The van der Waals surface area contributed by atoms with E-state index in [0.29, 0.717) is 0 Å². The molecule has 1 unspecified atom stereocenters. The van der Waals surface area contributed by atoms with Gasteiger partial charge in [-0.1, -0.05) is 30.3 Å². The van der Waals surface area contributed by atoms with Crippen LogP contribution in [0.5, 0.6) is 0 Å². The Bertz CT molecular complexity index is 648. The van der Waals surface area contributed by atoms with E-state index in [0.717, 1.165) is 43.0 Å². The van der Waals surface area contributed by atoms with Crippen LogP contribution in [0.3, 0.4) is 0 Å². The zero-order chi connectivity index (χ0) is 15.6. The topological polar surface area (TPSA) is 77.2 Å². The highest BCUT2D eigenvalue weighted by atomic mass is 16.5. The fourth-order valence-electron chi connectivity index (χ4n) is 2.89. The van der Waals surface area contributed by atoms with E-state index in [9.17, 15) is 0 Å². The molecule has 1 aliphatic rings. The van der Waals surface area contributed by atoms with E-state index in [4.69, 9.17) is 10.5 Å². The van der Waals surface area contributed by atoms with E-state index >= 15 is 0 Å². The molecule has 0 bridgehead atoms. The smallest absolute Gasteiger partial charge is 0.240 e. The van der Waals surface area contributed by atoms with Gasteiger partial charge in [-0.2, -0.15) is 0 Å². The third-order valence-corrected chi connectivity index (χ3v) is 4.18. The van der Waals surface area contributed by atoms with Crippen molar-refractivity contribution in [3.05, 3.63) is 30.3 Å². The predicted molar refractivity (Wildman–Crippen MR) is 86.5 cm³/mol. The van der Waals surface area contributed by atoms with Crippen molar-refractivity contribution in [2.75, 3.05) is 30.8 Å².